The first-order valence-electron chi connectivity index (χ1n) is 9.10. The summed E-state index contributed by atoms with van der Waals surface area (Å²) in [5.41, 5.74) is 2.58. The van der Waals surface area contributed by atoms with E-state index in [2.05, 4.69) is 10.3 Å². The van der Waals surface area contributed by atoms with Crippen molar-refractivity contribution in [2.24, 2.45) is 0 Å². The van der Waals surface area contributed by atoms with Gasteiger partial charge in [-0.15, -0.1) is 11.3 Å². The van der Waals surface area contributed by atoms with Crippen molar-refractivity contribution in [2.45, 2.75) is 19.6 Å². The van der Waals surface area contributed by atoms with E-state index >= 15 is 0 Å². The van der Waals surface area contributed by atoms with Crippen molar-refractivity contribution in [1.82, 2.24) is 10.3 Å². The van der Waals surface area contributed by atoms with Crippen LogP contribution in [0.5, 0.6) is 5.75 Å². The number of benzene rings is 2. The molecule has 0 saturated heterocycles. The summed E-state index contributed by atoms with van der Waals surface area (Å²) in [5, 5.41) is 6.00. The van der Waals surface area contributed by atoms with E-state index in [0.29, 0.717) is 6.61 Å². The lowest BCUT2D eigenvalue weighted by Crippen LogP contribution is -2.26. The Morgan fingerprint density at radius 1 is 1.11 bits per heavy atom. The van der Waals surface area contributed by atoms with Crippen molar-refractivity contribution in [3.63, 3.8) is 0 Å². The van der Waals surface area contributed by atoms with Gasteiger partial charge in [0, 0.05) is 21.7 Å². The molecule has 1 amide bonds. The SMILES string of the molecule is CC(NC(=O)c1csc2ccccc12)c1cccc(OCc2ccccn2)c1. The molecule has 140 valence electrons. The van der Waals surface area contributed by atoms with Crippen LogP contribution in [0.25, 0.3) is 10.1 Å². The highest BCUT2D eigenvalue weighted by Crippen LogP contribution is 2.26. The van der Waals surface area contributed by atoms with Crippen LogP contribution in [0.15, 0.2) is 78.3 Å². The first-order chi connectivity index (χ1) is 13.7. The van der Waals surface area contributed by atoms with Gasteiger partial charge in [-0.2, -0.15) is 0 Å². The number of amides is 1. The predicted molar refractivity (Wildman–Crippen MR) is 113 cm³/mol. The van der Waals surface area contributed by atoms with Gasteiger partial charge in [-0.3, -0.25) is 9.78 Å². The normalized spacial score (nSPS) is 11.9. The second-order valence-electron chi connectivity index (χ2n) is 6.52. The van der Waals surface area contributed by atoms with Crippen molar-refractivity contribution in [2.75, 3.05) is 0 Å². The summed E-state index contributed by atoms with van der Waals surface area (Å²) in [4.78, 5) is 17.0. The first-order valence-corrected chi connectivity index (χ1v) is 9.98. The summed E-state index contributed by atoms with van der Waals surface area (Å²) in [6.45, 7) is 2.39. The van der Waals surface area contributed by atoms with Crippen LogP contribution in [0, 0.1) is 0 Å². The second-order valence-corrected chi connectivity index (χ2v) is 7.43. The molecule has 5 heteroatoms. The van der Waals surface area contributed by atoms with Crippen molar-refractivity contribution in [1.29, 1.82) is 0 Å². The fourth-order valence-electron chi connectivity index (χ4n) is 3.03. The largest absolute Gasteiger partial charge is 0.487 e. The van der Waals surface area contributed by atoms with Crippen LogP contribution < -0.4 is 10.1 Å². The number of thiophene rings is 1. The first kappa shape index (κ1) is 18.2. The number of carbonyl (C=O) groups is 1. The number of nitrogens with one attached hydrogen (secondary N) is 1. The minimum absolute atomic E-state index is 0.0650. The Morgan fingerprint density at radius 3 is 2.82 bits per heavy atom. The molecule has 28 heavy (non-hydrogen) atoms. The zero-order chi connectivity index (χ0) is 19.3. The molecule has 2 aromatic heterocycles. The average Bonchev–Trinajstić information content (AvgIpc) is 3.17. The number of pyridine rings is 1. The van der Waals surface area contributed by atoms with E-state index in [1.165, 1.54) is 0 Å². The van der Waals surface area contributed by atoms with Gasteiger partial charge >= 0.3 is 0 Å². The summed E-state index contributed by atoms with van der Waals surface area (Å²) >= 11 is 1.59. The van der Waals surface area contributed by atoms with E-state index in [1.807, 2.05) is 79.0 Å². The maximum atomic E-state index is 12.8. The van der Waals surface area contributed by atoms with Gasteiger partial charge in [-0.25, -0.2) is 0 Å². The van der Waals surface area contributed by atoms with Crippen LogP contribution in [0.2, 0.25) is 0 Å². The Hall–Kier alpha value is -3.18. The Balaban J connectivity index is 1.44. The van der Waals surface area contributed by atoms with Gasteiger partial charge in [-0.05, 0) is 42.8 Å². The summed E-state index contributed by atoms with van der Waals surface area (Å²) in [6.07, 6.45) is 1.75. The summed E-state index contributed by atoms with van der Waals surface area (Å²) < 4.78 is 6.96. The topological polar surface area (TPSA) is 51.2 Å². The number of nitrogens with zero attached hydrogens (tertiary/aromatic N) is 1. The quantitative estimate of drug-likeness (QED) is 0.483. The molecular weight excluding hydrogens is 368 g/mol. The van der Waals surface area contributed by atoms with Gasteiger partial charge in [0.05, 0.1) is 17.3 Å². The van der Waals surface area contributed by atoms with Crippen molar-refractivity contribution < 1.29 is 9.53 Å². The van der Waals surface area contributed by atoms with Crippen LogP contribution in [0.1, 0.15) is 34.6 Å². The molecule has 2 heterocycles. The van der Waals surface area contributed by atoms with Gasteiger partial charge in [0.15, 0.2) is 0 Å². The van der Waals surface area contributed by atoms with Gasteiger partial charge < -0.3 is 10.1 Å². The zero-order valence-corrected chi connectivity index (χ0v) is 16.3. The lowest BCUT2D eigenvalue weighted by molar-refractivity contribution is 0.0942. The Bertz CT molecular complexity index is 1090. The fraction of sp³-hybridized carbons (Fsp3) is 0.130. The van der Waals surface area contributed by atoms with Crippen LogP contribution >= 0.6 is 11.3 Å². The third-order valence-electron chi connectivity index (χ3n) is 4.54. The number of fused-ring (bicyclic) bond motifs is 1. The van der Waals surface area contributed by atoms with Gasteiger partial charge in [0.1, 0.15) is 12.4 Å². The summed E-state index contributed by atoms with van der Waals surface area (Å²) in [5.74, 6) is 0.690. The smallest absolute Gasteiger partial charge is 0.253 e. The molecule has 1 N–H and O–H groups in total. The molecule has 4 aromatic rings. The molecule has 4 rings (SSSR count). The fourth-order valence-corrected chi connectivity index (χ4v) is 3.97. The number of hydrogen-bond acceptors (Lipinski definition) is 4. The highest BCUT2D eigenvalue weighted by molar-refractivity contribution is 7.17. The number of ether oxygens (including phenoxy) is 1. The van der Waals surface area contributed by atoms with Crippen molar-refractivity contribution in [3.05, 3.63) is 95.1 Å². The summed E-state index contributed by atoms with van der Waals surface area (Å²) in [6, 6.07) is 21.4. The average molecular weight is 388 g/mol. The highest BCUT2D eigenvalue weighted by Gasteiger charge is 2.15. The molecule has 0 aliphatic carbocycles. The molecule has 0 saturated carbocycles. The Kier molecular flexibility index (Phi) is 5.35. The van der Waals surface area contributed by atoms with Crippen LogP contribution in [0.3, 0.4) is 0 Å². The number of carbonyl (C=O) groups excluding carboxylic acids is 1. The standard InChI is InChI=1S/C23H20N2O2S/c1-16(25-23(26)21-15-28-22-11-3-2-10-20(21)22)17-7-6-9-19(13-17)27-14-18-8-4-5-12-24-18/h2-13,15-16H,14H2,1H3,(H,25,26). The monoisotopic (exact) mass is 388 g/mol. The van der Waals surface area contributed by atoms with Gasteiger partial charge in [0.2, 0.25) is 0 Å². The molecule has 4 nitrogen and oxygen atoms in total. The van der Waals surface area contributed by atoms with E-state index in [0.717, 1.165) is 32.7 Å². The number of aromatic nitrogens is 1. The molecule has 0 spiro atoms. The van der Waals surface area contributed by atoms with Gasteiger partial charge in [-0.1, -0.05) is 36.4 Å². The molecule has 0 aliphatic heterocycles. The van der Waals surface area contributed by atoms with E-state index in [-0.39, 0.29) is 11.9 Å². The molecule has 0 fully saturated rings. The minimum atomic E-state index is -0.135. The minimum Gasteiger partial charge on any atom is -0.487 e. The Morgan fingerprint density at radius 2 is 1.96 bits per heavy atom. The van der Waals surface area contributed by atoms with E-state index in [1.54, 1.807) is 17.5 Å². The molecule has 2 aromatic carbocycles. The lowest BCUT2D eigenvalue weighted by Gasteiger charge is -2.15. The lowest BCUT2D eigenvalue weighted by atomic mass is 10.1. The molecule has 0 radical (unpaired) electrons. The summed E-state index contributed by atoms with van der Waals surface area (Å²) in [7, 11) is 0. The maximum Gasteiger partial charge on any atom is 0.253 e. The number of rotatable bonds is 6. The molecule has 0 bridgehead atoms. The van der Waals surface area contributed by atoms with Crippen LogP contribution in [-0.2, 0) is 6.61 Å². The van der Waals surface area contributed by atoms with E-state index in [4.69, 9.17) is 4.74 Å². The number of hydrogen-bond donors (Lipinski definition) is 1. The van der Waals surface area contributed by atoms with E-state index in [9.17, 15) is 4.79 Å². The third-order valence-corrected chi connectivity index (χ3v) is 5.51. The highest BCUT2D eigenvalue weighted by atomic mass is 32.1. The van der Waals surface area contributed by atoms with E-state index < -0.39 is 0 Å². The van der Waals surface area contributed by atoms with Crippen LogP contribution in [0.4, 0.5) is 0 Å². The second kappa shape index (κ2) is 8.23. The zero-order valence-electron chi connectivity index (χ0n) is 15.5. The van der Waals surface area contributed by atoms with Crippen molar-refractivity contribution in [3.8, 4) is 5.75 Å². The molecule has 1 unspecified atom stereocenters. The molecule has 1 atom stereocenters. The molecular formula is C23H20N2O2S. The maximum absolute atomic E-state index is 12.8. The Labute approximate surface area is 167 Å². The third kappa shape index (κ3) is 4.05. The van der Waals surface area contributed by atoms with Gasteiger partial charge in [0.25, 0.3) is 5.91 Å². The van der Waals surface area contributed by atoms with Crippen molar-refractivity contribution >= 4 is 27.3 Å². The van der Waals surface area contributed by atoms with Crippen LogP contribution in [-0.4, -0.2) is 10.9 Å². The molecule has 0 aliphatic rings. The predicted octanol–water partition coefficient (Wildman–Crippen LogP) is 5.37.